The highest BCUT2D eigenvalue weighted by atomic mass is 16.2. The Hall–Kier alpha value is -2.62. The van der Waals surface area contributed by atoms with Crippen molar-refractivity contribution in [2.24, 2.45) is 0 Å². The van der Waals surface area contributed by atoms with Crippen molar-refractivity contribution in [1.29, 1.82) is 0 Å². The second-order valence-electron chi connectivity index (χ2n) is 7.20. The minimum atomic E-state index is -0.152. The Morgan fingerprint density at radius 3 is 2.20 bits per heavy atom. The third-order valence-electron chi connectivity index (χ3n) is 4.06. The van der Waals surface area contributed by atoms with E-state index in [1.807, 2.05) is 49.4 Å². The average Bonchev–Trinajstić information content (AvgIpc) is 2.54. The summed E-state index contributed by atoms with van der Waals surface area (Å²) in [7, 11) is 0. The molecule has 0 aliphatic rings. The predicted octanol–water partition coefficient (Wildman–Crippen LogP) is 4.05. The molecule has 0 spiro atoms. The summed E-state index contributed by atoms with van der Waals surface area (Å²) in [6.07, 6.45) is 0.235. The van der Waals surface area contributed by atoms with Crippen molar-refractivity contribution in [1.82, 2.24) is 5.32 Å². The largest absolute Gasteiger partial charge is 0.352 e. The maximum atomic E-state index is 12.1. The van der Waals surface area contributed by atoms with Crippen molar-refractivity contribution in [3.8, 4) is 0 Å². The Bertz CT molecular complexity index is 743. The summed E-state index contributed by atoms with van der Waals surface area (Å²) in [5.41, 5.74) is 3.63. The van der Waals surface area contributed by atoms with Crippen LogP contribution >= 0.6 is 0 Å². The number of rotatable bonds is 5. The number of anilines is 1. The molecule has 2 aromatic rings. The van der Waals surface area contributed by atoms with E-state index in [0.717, 1.165) is 11.3 Å². The van der Waals surface area contributed by atoms with Crippen molar-refractivity contribution < 1.29 is 9.59 Å². The van der Waals surface area contributed by atoms with Crippen LogP contribution in [0.4, 0.5) is 5.69 Å². The molecular weight excluding hydrogens is 312 g/mol. The van der Waals surface area contributed by atoms with Crippen molar-refractivity contribution in [2.45, 2.75) is 39.5 Å². The average molecular weight is 338 g/mol. The van der Waals surface area contributed by atoms with Gasteiger partial charge in [0.25, 0.3) is 5.91 Å². The highest BCUT2D eigenvalue weighted by Gasteiger charge is 2.13. The lowest BCUT2D eigenvalue weighted by atomic mass is 9.87. The highest BCUT2D eigenvalue weighted by Crippen LogP contribution is 2.23. The van der Waals surface area contributed by atoms with Gasteiger partial charge < -0.3 is 10.6 Å². The summed E-state index contributed by atoms with van der Waals surface area (Å²) >= 11 is 0. The Morgan fingerprint density at radius 2 is 1.60 bits per heavy atom. The maximum absolute atomic E-state index is 12.1. The summed E-state index contributed by atoms with van der Waals surface area (Å²) in [5.74, 6) is -0.269. The fraction of sp³-hybridized carbons (Fsp3) is 0.333. The molecule has 2 N–H and O–H groups in total. The van der Waals surface area contributed by atoms with Gasteiger partial charge in [-0.25, -0.2) is 0 Å². The lowest BCUT2D eigenvalue weighted by molar-refractivity contribution is -0.116. The minimum Gasteiger partial charge on any atom is -0.352 e. The molecule has 2 amide bonds. The summed E-state index contributed by atoms with van der Waals surface area (Å²) in [4.78, 5) is 24.1. The van der Waals surface area contributed by atoms with Crippen LogP contribution in [0.15, 0.2) is 48.5 Å². The standard InChI is InChI=1S/C21H26N2O2/c1-15-7-5-6-8-18(15)20(25)22-14-13-19(24)23-17-11-9-16(10-12-17)21(2,3)4/h5-12H,13-14H2,1-4H3,(H,22,25)(H,23,24). The van der Waals surface area contributed by atoms with Crippen molar-refractivity contribution in [3.63, 3.8) is 0 Å². The van der Waals surface area contributed by atoms with Crippen LogP contribution in [0.25, 0.3) is 0 Å². The Morgan fingerprint density at radius 1 is 0.960 bits per heavy atom. The zero-order valence-electron chi connectivity index (χ0n) is 15.3. The van der Waals surface area contributed by atoms with Crippen molar-refractivity contribution >= 4 is 17.5 Å². The van der Waals surface area contributed by atoms with E-state index in [1.165, 1.54) is 5.56 Å². The van der Waals surface area contributed by atoms with E-state index in [1.54, 1.807) is 6.07 Å². The molecule has 4 nitrogen and oxygen atoms in total. The van der Waals surface area contributed by atoms with Crippen LogP contribution in [-0.2, 0) is 10.2 Å². The van der Waals surface area contributed by atoms with E-state index < -0.39 is 0 Å². The second-order valence-corrected chi connectivity index (χ2v) is 7.20. The van der Waals surface area contributed by atoms with Gasteiger partial charge in [-0.1, -0.05) is 51.1 Å². The number of aryl methyl sites for hydroxylation is 1. The van der Waals surface area contributed by atoms with E-state index in [-0.39, 0.29) is 23.7 Å². The first kappa shape index (κ1) is 18.7. The van der Waals surface area contributed by atoms with Gasteiger partial charge in [0.05, 0.1) is 0 Å². The third kappa shape index (κ3) is 5.45. The SMILES string of the molecule is Cc1ccccc1C(=O)NCCC(=O)Nc1ccc(C(C)(C)C)cc1. The summed E-state index contributed by atoms with van der Waals surface area (Å²) in [6.45, 7) is 8.65. The fourth-order valence-corrected chi connectivity index (χ4v) is 2.49. The molecule has 0 aliphatic carbocycles. The van der Waals surface area contributed by atoms with Crippen LogP contribution in [0.5, 0.6) is 0 Å². The van der Waals surface area contributed by atoms with Gasteiger partial charge in [-0.3, -0.25) is 9.59 Å². The summed E-state index contributed by atoms with van der Waals surface area (Å²) < 4.78 is 0. The van der Waals surface area contributed by atoms with Gasteiger partial charge in [0.1, 0.15) is 0 Å². The van der Waals surface area contributed by atoms with Crippen molar-refractivity contribution in [2.75, 3.05) is 11.9 Å². The van der Waals surface area contributed by atoms with Gasteiger partial charge in [0.15, 0.2) is 0 Å². The topological polar surface area (TPSA) is 58.2 Å². The third-order valence-corrected chi connectivity index (χ3v) is 4.06. The first-order valence-corrected chi connectivity index (χ1v) is 8.51. The summed E-state index contributed by atoms with van der Waals surface area (Å²) in [5, 5.41) is 5.64. The smallest absolute Gasteiger partial charge is 0.251 e. The van der Waals surface area contributed by atoms with E-state index >= 15 is 0 Å². The predicted molar refractivity (Wildman–Crippen MR) is 102 cm³/mol. The van der Waals surface area contributed by atoms with E-state index in [9.17, 15) is 9.59 Å². The number of carbonyl (C=O) groups excluding carboxylic acids is 2. The second kappa shape index (κ2) is 7.97. The number of hydrogen-bond donors (Lipinski definition) is 2. The molecule has 132 valence electrons. The monoisotopic (exact) mass is 338 g/mol. The van der Waals surface area contributed by atoms with Gasteiger partial charge in [-0.05, 0) is 41.7 Å². The molecule has 0 fully saturated rings. The number of nitrogens with one attached hydrogen (secondary N) is 2. The van der Waals surface area contributed by atoms with Gasteiger partial charge in [0, 0.05) is 24.2 Å². The van der Waals surface area contributed by atoms with Crippen LogP contribution in [0.2, 0.25) is 0 Å². The van der Waals surface area contributed by atoms with Gasteiger partial charge in [-0.15, -0.1) is 0 Å². The number of hydrogen-bond acceptors (Lipinski definition) is 2. The van der Waals surface area contributed by atoms with Gasteiger partial charge >= 0.3 is 0 Å². The molecule has 2 rings (SSSR count). The zero-order chi connectivity index (χ0) is 18.4. The molecule has 0 aromatic heterocycles. The fourth-order valence-electron chi connectivity index (χ4n) is 2.49. The minimum absolute atomic E-state index is 0.0857. The Labute approximate surface area is 149 Å². The molecule has 0 aliphatic heterocycles. The van der Waals surface area contributed by atoms with E-state index in [2.05, 4.69) is 31.4 Å². The van der Waals surface area contributed by atoms with Crippen LogP contribution < -0.4 is 10.6 Å². The quantitative estimate of drug-likeness (QED) is 0.864. The lowest BCUT2D eigenvalue weighted by Crippen LogP contribution is -2.28. The first-order chi connectivity index (χ1) is 11.8. The Balaban J connectivity index is 1.81. The van der Waals surface area contributed by atoms with Crippen LogP contribution in [-0.4, -0.2) is 18.4 Å². The van der Waals surface area contributed by atoms with Gasteiger partial charge in [-0.2, -0.15) is 0 Å². The molecule has 0 saturated heterocycles. The first-order valence-electron chi connectivity index (χ1n) is 8.51. The van der Waals surface area contributed by atoms with Crippen molar-refractivity contribution in [3.05, 3.63) is 65.2 Å². The molecule has 4 heteroatoms. The van der Waals surface area contributed by atoms with Crippen LogP contribution in [0.3, 0.4) is 0 Å². The molecule has 0 heterocycles. The highest BCUT2D eigenvalue weighted by molar-refractivity contribution is 5.96. The molecule has 2 aromatic carbocycles. The molecule has 0 unspecified atom stereocenters. The molecule has 0 atom stereocenters. The van der Waals surface area contributed by atoms with Crippen LogP contribution in [0.1, 0.15) is 48.7 Å². The molecule has 0 radical (unpaired) electrons. The number of benzene rings is 2. The summed E-state index contributed by atoms with van der Waals surface area (Å²) in [6, 6.07) is 15.3. The molecule has 25 heavy (non-hydrogen) atoms. The normalized spacial score (nSPS) is 11.0. The van der Waals surface area contributed by atoms with Crippen LogP contribution in [0, 0.1) is 6.92 Å². The van der Waals surface area contributed by atoms with Gasteiger partial charge in [0.2, 0.25) is 5.91 Å². The van der Waals surface area contributed by atoms with E-state index in [4.69, 9.17) is 0 Å². The molecule has 0 bridgehead atoms. The number of amides is 2. The van der Waals surface area contributed by atoms with E-state index in [0.29, 0.717) is 12.1 Å². The maximum Gasteiger partial charge on any atom is 0.251 e. The molecular formula is C21H26N2O2. The Kier molecular flexibility index (Phi) is 5.97. The zero-order valence-corrected chi connectivity index (χ0v) is 15.3. The number of carbonyl (C=O) groups is 2. The lowest BCUT2D eigenvalue weighted by Gasteiger charge is -2.19. The molecule has 0 saturated carbocycles.